The average Bonchev–Trinajstić information content (AvgIpc) is 3.50. The minimum absolute atomic E-state index is 0.0279. The van der Waals surface area contributed by atoms with Crippen molar-refractivity contribution in [1.82, 2.24) is 30.8 Å². The van der Waals surface area contributed by atoms with Gasteiger partial charge < -0.3 is 21.1 Å². The van der Waals surface area contributed by atoms with Crippen LogP contribution in [-0.2, 0) is 20.8 Å². The third-order valence-electron chi connectivity index (χ3n) is 5.80. The van der Waals surface area contributed by atoms with E-state index >= 15 is 0 Å². The van der Waals surface area contributed by atoms with E-state index in [4.69, 9.17) is 16.7 Å². The molecule has 42 heavy (non-hydrogen) atoms. The number of hydrogen-bond acceptors (Lipinski definition) is 7. The monoisotopic (exact) mass is 591 g/mol. The van der Waals surface area contributed by atoms with E-state index in [1.807, 2.05) is 6.07 Å². The van der Waals surface area contributed by atoms with Gasteiger partial charge in [-0.1, -0.05) is 41.9 Å². The molecule has 0 spiro atoms. The highest BCUT2D eigenvalue weighted by molar-refractivity contribution is 6.30. The number of aromatic nitrogens is 4. The first kappa shape index (κ1) is 29.6. The molecule has 1 heterocycles. The second kappa shape index (κ2) is 13.8. The molecule has 214 valence electrons. The smallest absolute Gasteiger partial charge is 0.322 e. The van der Waals surface area contributed by atoms with Gasteiger partial charge in [-0.15, -0.1) is 5.10 Å². The van der Waals surface area contributed by atoms with Gasteiger partial charge in [0.1, 0.15) is 24.7 Å². The van der Waals surface area contributed by atoms with Crippen LogP contribution in [0.2, 0.25) is 5.02 Å². The lowest BCUT2D eigenvalue weighted by Gasteiger charge is -2.18. The van der Waals surface area contributed by atoms with Crippen molar-refractivity contribution in [3.8, 4) is 5.69 Å². The van der Waals surface area contributed by atoms with E-state index in [1.54, 1.807) is 42.5 Å². The standard InChI is InChI=1S/C28H23ClFN7O5/c29-19-7-10-24(37-16-32-35-36-37)18(13-19)6-11-25(38)34-23(12-17-4-2-1-3-5-17)28(42)33-20-8-9-21(22(30)14-20)27(41)31-15-26(39)40/h1-11,13-14,16,23H,12,15H2,(H,31,41)(H,33,42)(H,34,38)(H,39,40)/b11-6+/t23-/m0/s1. The number of nitrogens with zero attached hydrogens (tertiary/aromatic N) is 4. The van der Waals surface area contributed by atoms with Crippen LogP contribution >= 0.6 is 11.6 Å². The van der Waals surface area contributed by atoms with E-state index < -0.39 is 47.7 Å². The Kier molecular flexibility index (Phi) is 9.69. The fourth-order valence-corrected chi connectivity index (χ4v) is 4.02. The molecular formula is C28H23ClFN7O5. The number of carboxylic acid groups (broad SMARTS) is 1. The van der Waals surface area contributed by atoms with E-state index in [-0.39, 0.29) is 12.1 Å². The van der Waals surface area contributed by atoms with Gasteiger partial charge >= 0.3 is 5.97 Å². The normalized spacial score (nSPS) is 11.6. The summed E-state index contributed by atoms with van der Waals surface area (Å²) < 4.78 is 16.0. The van der Waals surface area contributed by atoms with E-state index in [1.165, 1.54) is 29.2 Å². The molecule has 0 aliphatic rings. The molecule has 0 bridgehead atoms. The zero-order valence-electron chi connectivity index (χ0n) is 21.7. The van der Waals surface area contributed by atoms with Crippen LogP contribution in [0.25, 0.3) is 11.8 Å². The summed E-state index contributed by atoms with van der Waals surface area (Å²) in [6, 6.07) is 16.2. The molecule has 0 fully saturated rings. The van der Waals surface area contributed by atoms with Crippen LogP contribution in [0.15, 0.2) is 79.1 Å². The lowest BCUT2D eigenvalue weighted by Crippen LogP contribution is -2.44. The molecule has 14 heteroatoms. The number of rotatable bonds is 11. The number of halogens is 2. The molecule has 3 aromatic carbocycles. The van der Waals surface area contributed by atoms with Crippen LogP contribution in [0.4, 0.5) is 10.1 Å². The zero-order chi connectivity index (χ0) is 30.1. The minimum Gasteiger partial charge on any atom is -0.480 e. The predicted octanol–water partition coefficient (Wildman–Crippen LogP) is 2.65. The number of amides is 3. The van der Waals surface area contributed by atoms with Gasteiger partial charge in [0, 0.05) is 28.8 Å². The van der Waals surface area contributed by atoms with Crippen LogP contribution in [0, 0.1) is 5.82 Å². The summed E-state index contributed by atoms with van der Waals surface area (Å²) in [6.07, 6.45) is 4.24. The second-order valence-corrected chi connectivity index (χ2v) is 9.24. The quantitative estimate of drug-likeness (QED) is 0.193. The summed E-state index contributed by atoms with van der Waals surface area (Å²) in [6.45, 7) is -0.678. The lowest BCUT2D eigenvalue weighted by molar-refractivity contribution is -0.135. The van der Waals surface area contributed by atoms with Gasteiger partial charge in [0.15, 0.2) is 0 Å². The van der Waals surface area contributed by atoms with Gasteiger partial charge in [-0.2, -0.15) is 4.68 Å². The van der Waals surface area contributed by atoms with Crippen molar-refractivity contribution in [1.29, 1.82) is 0 Å². The van der Waals surface area contributed by atoms with E-state index in [0.29, 0.717) is 16.3 Å². The van der Waals surface area contributed by atoms with Gasteiger partial charge in [-0.25, -0.2) is 4.39 Å². The summed E-state index contributed by atoms with van der Waals surface area (Å²) in [7, 11) is 0. The molecule has 4 N–H and O–H groups in total. The molecule has 0 radical (unpaired) electrons. The molecule has 0 saturated carbocycles. The van der Waals surface area contributed by atoms with Crippen molar-refractivity contribution in [2.45, 2.75) is 12.5 Å². The maximum absolute atomic E-state index is 14.6. The fraction of sp³-hybridized carbons (Fsp3) is 0.107. The highest BCUT2D eigenvalue weighted by Crippen LogP contribution is 2.20. The third kappa shape index (κ3) is 8.05. The Morgan fingerprint density at radius 2 is 1.83 bits per heavy atom. The average molecular weight is 592 g/mol. The molecule has 12 nitrogen and oxygen atoms in total. The van der Waals surface area contributed by atoms with Crippen LogP contribution < -0.4 is 16.0 Å². The Morgan fingerprint density at radius 1 is 1.05 bits per heavy atom. The van der Waals surface area contributed by atoms with Gasteiger partial charge in [-0.05, 0) is 58.5 Å². The number of carbonyl (C=O) groups is 4. The molecule has 0 aliphatic heterocycles. The lowest BCUT2D eigenvalue weighted by atomic mass is 10.0. The number of benzene rings is 3. The Morgan fingerprint density at radius 3 is 2.52 bits per heavy atom. The first-order valence-corrected chi connectivity index (χ1v) is 12.7. The van der Waals surface area contributed by atoms with Gasteiger partial charge in [0.2, 0.25) is 11.8 Å². The van der Waals surface area contributed by atoms with Gasteiger partial charge in [-0.3, -0.25) is 19.2 Å². The van der Waals surface area contributed by atoms with Crippen molar-refractivity contribution in [3.05, 3.63) is 107 Å². The van der Waals surface area contributed by atoms with Gasteiger partial charge in [0.05, 0.1) is 11.3 Å². The van der Waals surface area contributed by atoms with Crippen molar-refractivity contribution >= 4 is 47.1 Å². The van der Waals surface area contributed by atoms with Crippen LogP contribution in [0.5, 0.6) is 0 Å². The minimum atomic E-state index is -1.28. The molecule has 3 amide bonds. The maximum Gasteiger partial charge on any atom is 0.322 e. The maximum atomic E-state index is 14.6. The van der Waals surface area contributed by atoms with Crippen LogP contribution in [-0.4, -0.2) is 61.6 Å². The number of carboxylic acids is 1. The summed E-state index contributed by atoms with van der Waals surface area (Å²) >= 11 is 6.13. The number of tetrazole rings is 1. The fourth-order valence-electron chi connectivity index (χ4n) is 3.84. The second-order valence-electron chi connectivity index (χ2n) is 8.80. The summed E-state index contributed by atoms with van der Waals surface area (Å²) in [5, 5.41) is 27.5. The number of hydrogen-bond donors (Lipinski definition) is 4. The first-order valence-electron chi connectivity index (χ1n) is 12.4. The van der Waals surface area contributed by atoms with Crippen molar-refractivity contribution in [3.63, 3.8) is 0 Å². The van der Waals surface area contributed by atoms with Crippen LogP contribution in [0.1, 0.15) is 21.5 Å². The Balaban J connectivity index is 1.50. The van der Waals surface area contributed by atoms with E-state index in [2.05, 4.69) is 31.5 Å². The molecule has 1 atom stereocenters. The number of carbonyl (C=O) groups excluding carboxylic acids is 3. The van der Waals surface area contributed by atoms with Crippen molar-refractivity contribution in [2.75, 3.05) is 11.9 Å². The highest BCUT2D eigenvalue weighted by atomic mass is 35.5. The molecule has 4 aromatic rings. The molecule has 0 unspecified atom stereocenters. The molecular weight excluding hydrogens is 569 g/mol. The van der Waals surface area contributed by atoms with Gasteiger partial charge in [0.25, 0.3) is 5.91 Å². The number of anilines is 1. The summed E-state index contributed by atoms with van der Waals surface area (Å²) in [5.74, 6) is -4.40. The topological polar surface area (TPSA) is 168 Å². The third-order valence-corrected chi connectivity index (χ3v) is 6.03. The molecule has 0 aliphatic carbocycles. The van der Waals surface area contributed by atoms with Crippen molar-refractivity contribution in [2.24, 2.45) is 0 Å². The number of nitrogens with one attached hydrogen (secondary N) is 3. The Hall–Kier alpha value is -5.43. The zero-order valence-corrected chi connectivity index (χ0v) is 22.5. The summed E-state index contributed by atoms with van der Waals surface area (Å²) in [5.41, 5.74) is 1.50. The van der Waals surface area contributed by atoms with Crippen molar-refractivity contribution < 1.29 is 28.7 Å². The Labute approximate surface area is 243 Å². The highest BCUT2D eigenvalue weighted by Gasteiger charge is 2.22. The van der Waals surface area contributed by atoms with Crippen LogP contribution in [0.3, 0.4) is 0 Å². The van der Waals surface area contributed by atoms with E-state index in [9.17, 15) is 23.6 Å². The molecule has 1 aromatic heterocycles. The largest absolute Gasteiger partial charge is 0.480 e. The van der Waals surface area contributed by atoms with E-state index in [0.717, 1.165) is 17.7 Å². The Bertz CT molecular complexity index is 1630. The summed E-state index contributed by atoms with van der Waals surface area (Å²) in [4.78, 5) is 48.9. The first-order chi connectivity index (χ1) is 20.2. The molecule has 4 rings (SSSR count). The molecule has 0 saturated heterocycles. The SMILES string of the molecule is O=C(O)CNC(=O)c1ccc(NC(=O)[C@H](Cc2ccccc2)NC(=O)/C=C/c2cc(Cl)ccc2-n2cnnn2)cc1F. The predicted molar refractivity (Wildman–Crippen MR) is 150 cm³/mol. The number of aliphatic carboxylic acids is 1.